The molecule has 4 N–H and O–H groups in total. The van der Waals surface area contributed by atoms with Gasteiger partial charge in [0.1, 0.15) is 21.5 Å². The first-order valence-corrected chi connectivity index (χ1v) is 9.24. The maximum atomic E-state index is 12.7. The molecular weight excluding hydrogens is 376 g/mol. The van der Waals surface area contributed by atoms with E-state index in [9.17, 15) is 10.1 Å². The van der Waals surface area contributed by atoms with Gasteiger partial charge in [-0.1, -0.05) is 17.7 Å². The summed E-state index contributed by atoms with van der Waals surface area (Å²) in [6.07, 6.45) is 0. The van der Waals surface area contributed by atoms with Gasteiger partial charge in [0.05, 0.1) is 5.69 Å². The molecule has 4 rings (SSSR count). The van der Waals surface area contributed by atoms with Gasteiger partial charge in [-0.2, -0.15) is 5.26 Å². The highest BCUT2D eigenvalue weighted by Crippen LogP contribution is 2.38. The minimum Gasteiger partial charge on any atom is -0.454 e. The van der Waals surface area contributed by atoms with Crippen molar-refractivity contribution in [3.8, 4) is 17.6 Å². The molecule has 1 aliphatic rings. The van der Waals surface area contributed by atoms with Crippen LogP contribution in [-0.2, 0) is 0 Å². The second kappa shape index (κ2) is 7.13. The van der Waals surface area contributed by atoms with Crippen molar-refractivity contribution >= 4 is 39.3 Å². The summed E-state index contributed by atoms with van der Waals surface area (Å²) in [5.41, 5.74) is 8.97. The van der Waals surface area contributed by atoms with Gasteiger partial charge in [-0.3, -0.25) is 4.79 Å². The minimum atomic E-state index is -0.394. The van der Waals surface area contributed by atoms with Crippen LogP contribution in [0.4, 0.5) is 22.1 Å². The third-order valence-electron chi connectivity index (χ3n) is 4.20. The van der Waals surface area contributed by atoms with Crippen LogP contribution in [0, 0.1) is 18.3 Å². The lowest BCUT2D eigenvalue weighted by molar-refractivity contribution is 0.103. The van der Waals surface area contributed by atoms with E-state index in [4.69, 9.17) is 15.2 Å². The first kappa shape index (κ1) is 17.7. The molecule has 0 bridgehead atoms. The maximum absolute atomic E-state index is 12.7. The Morgan fingerprint density at radius 2 is 1.86 bits per heavy atom. The Bertz CT molecular complexity index is 1100. The molecule has 0 spiro atoms. The number of fused-ring (bicyclic) bond motifs is 1. The number of ether oxygens (including phenoxy) is 2. The zero-order valence-corrected chi connectivity index (χ0v) is 15.7. The average molecular weight is 392 g/mol. The van der Waals surface area contributed by atoms with Gasteiger partial charge in [0.15, 0.2) is 11.5 Å². The van der Waals surface area contributed by atoms with Gasteiger partial charge in [-0.25, -0.2) is 0 Å². The summed E-state index contributed by atoms with van der Waals surface area (Å²) in [5.74, 6) is 0.802. The molecule has 140 valence electrons. The number of nitrogens with one attached hydrogen (secondary N) is 2. The third kappa shape index (κ3) is 3.31. The van der Waals surface area contributed by atoms with E-state index in [1.165, 1.54) is 0 Å². The molecule has 2 aromatic carbocycles. The lowest BCUT2D eigenvalue weighted by atomic mass is 10.2. The molecule has 0 saturated heterocycles. The van der Waals surface area contributed by atoms with E-state index in [0.29, 0.717) is 22.2 Å². The topological polar surface area (TPSA) is 109 Å². The molecular formula is C20H16N4O3S. The van der Waals surface area contributed by atoms with E-state index in [0.717, 1.165) is 22.6 Å². The summed E-state index contributed by atoms with van der Waals surface area (Å²) < 4.78 is 10.6. The summed E-state index contributed by atoms with van der Waals surface area (Å²) >= 11 is 1.14. The van der Waals surface area contributed by atoms with Gasteiger partial charge in [-0.05, 0) is 31.2 Å². The zero-order chi connectivity index (χ0) is 19.7. The Labute approximate surface area is 165 Å². The summed E-state index contributed by atoms with van der Waals surface area (Å²) in [6, 6.07) is 14.9. The number of aryl methyl sites for hydroxylation is 1. The van der Waals surface area contributed by atoms with E-state index in [2.05, 4.69) is 16.7 Å². The highest BCUT2D eigenvalue weighted by Gasteiger charge is 2.22. The van der Waals surface area contributed by atoms with Crippen LogP contribution in [0.2, 0.25) is 0 Å². The average Bonchev–Trinajstić information content (AvgIpc) is 3.27. The summed E-state index contributed by atoms with van der Waals surface area (Å²) in [5, 5.41) is 16.0. The van der Waals surface area contributed by atoms with Crippen LogP contribution in [-0.4, -0.2) is 12.7 Å². The fraction of sp³-hybridized carbons (Fsp3) is 0.100. The third-order valence-corrected chi connectivity index (χ3v) is 5.32. The SMILES string of the molecule is Cc1ccc(Nc2sc(C(=O)Nc3ccc4c(c3)OCO4)c(N)c2C#N)cc1. The number of hydrogen-bond donors (Lipinski definition) is 3. The molecule has 0 unspecified atom stereocenters. The number of amides is 1. The van der Waals surface area contributed by atoms with Crippen LogP contribution >= 0.6 is 11.3 Å². The quantitative estimate of drug-likeness (QED) is 0.613. The Balaban J connectivity index is 1.59. The Hall–Kier alpha value is -3.70. The Morgan fingerprint density at radius 3 is 2.61 bits per heavy atom. The van der Waals surface area contributed by atoms with Crippen LogP contribution < -0.4 is 25.8 Å². The summed E-state index contributed by atoms with van der Waals surface area (Å²) in [4.78, 5) is 13.0. The van der Waals surface area contributed by atoms with Crippen molar-refractivity contribution in [2.45, 2.75) is 6.92 Å². The van der Waals surface area contributed by atoms with Crippen molar-refractivity contribution in [3.63, 3.8) is 0 Å². The molecule has 1 amide bonds. The van der Waals surface area contributed by atoms with Crippen LogP contribution in [0.25, 0.3) is 0 Å². The van der Waals surface area contributed by atoms with Crippen LogP contribution in [0.1, 0.15) is 20.8 Å². The second-order valence-electron chi connectivity index (χ2n) is 6.17. The molecule has 0 atom stereocenters. The fourth-order valence-electron chi connectivity index (χ4n) is 2.74. The molecule has 0 aliphatic carbocycles. The number of carbonyl (C=O) groups is 1. The molecule has 3 aromatic rings. The standard InChI is InChI=1S/C20H16N4O3S/c1-11-2-4-12(5-3-11)24-20-14(9-21)17(22)18(28-20)19(25)23-13-6-7-15-16(8-13)27-10-26-15/h2-8,24H,10,22H2,1H3,(H,23,25). The molecule has 7 nitrogen and oxygen atoms in total. The van der Waals surface area contributed by atoms with Crippen molar-refractivity contribution in [1.82, 2.24) is 0 Å². The number of rotatable bonds is 4. The highest BCUT2D eigenvalue weighted by atomic mass is 32.1. The molecule has 0 saturated carbocycles. The van der Waals surface area contributed by atoms with Crippen LogP contribution in [0.3, 0.4) is 0 Å². The molecule has 0 radical (unpaired) electrons. The van der Waals surface area contributed by atoms with Gasteiger partial charge in [0.2, 0.25) is 6.79 Å². The number of nitrogens with two attached hydrogens (primary N) is 1. The van der Waals surface area contributed by atoms with Crippen molar-refractivity contribution in [1.29, 1.82) is 5.26 Å². The highest BCUT2D eigenvalue weighted by molar-refractivity contribution is 7.19. The predicted molar refractivity (Wildman–Crippen MR) is 108 cm³/mol. The molecule has 0 fully saturated rings. The maximum Gasteiger partial charge on any atom is 0.267 e. The molecule has 28 heavy (non-hydrogen) atoms. The number of nitrogens with zero attached hydrogens (tertiary/aromatic N) is 1. The van der Waals surface area contributed by atoms with Gasteiger partial charge in [-0.15, -0.1) is 11.3 Å². The van der Waals surface area contributed by atoms with E-state index in [1.54, 1.807) is 18.2 Å². The normalized spacial score (nSPS) is 11.7. The first-order valence-electron chi connectivity index (χ1n) is 8.42. The Kier molecular flexibility index (Phi) is 4.51. The monoisotopic (exact) mass is 392 g/mol. The lowest BCUT2D eigenvalue weighted by Gasteiger charge is -2.05. The van der Waals surface area contributed by atoms with Gasteiger partial charge >= 0.3 is 0 Å². The van der Waals surface area contributed by atoms with Crippen LogP contribution in [0.5, 0.6) is 11.5 Å². The smallest absolute Gasteiger partial charge is 0.267 e. The van der Waals surface area contributed by atoms with Gasteiger partial charge in [0.25, 0.3) is 5.91 Å². The summed E-state index contributed by atoms with van der Waals surface area (Å²) in [7, 11) is 0. The van der Waals surface area contributed by atoms with E-state index in [1.807, 2.05) is 31.2 Å². The summed E-state index contributed by atoms with van der Waals surface area (Å²) in [6.45, 7) is 2.15. The van der Waals surface area contributed by atoms with E-state index >= 15 is 0 Å². The molecule has 1 aromatic heterocycles. The first-order chi connectivity index (χ1) is 13.5. The van der Waals surface area contributed by atoms with Gasteiger partial charge in [0, 0.05) is 17.4 Å². The van der Waals surface area contributed by atoms with E-state index in [-0.39, 0.29) is 22.9 Å². The number of thiophene rings is 1. The number of nitriles is 1. The van der Waals surface area contributed by atoms with Crippen molar-refractivity contribution in [2.24, 2.45) is 0 Å². The van der Waals surface area contributed by atoms with Crippen molar-refractivity contribution in [3.05, 3.63) is 58.5 Å². The number of nitrogen functional groups attached to an aromatic ring is 1. The largest absolute Gasteiger partial charge is 0.454 e. The second-order valence-corrected chi connectivity index (χ2v) is 7.19. The van der Waals surface area contributed by atoms with E-state index < -0.39 is 5.91 Å². The van der Waals surface area contributed by atoms with Crippen molar-refractivity contribution in [2.75, 3.05) is 23.2 Å². The molecule has 8 heteroatoms. The number of benzene rings is 2. The molecule has 1 aliphatic heterocycles. The lowest BCUT2D eigenvalue weighted by Crippen LogP contribution is -2.12. The molecule has 2 heterocycles. The minimum absolute atomic E-state index is 0.153. The van der Waals surface area contributed by atoms with Crippen molar-refractivity contribution < 1.29 is 14.3 Å². The fourth-order valence-corrected chi connectivity index (χ4v) is 3.73. The zero-order valence-electron chi connectivity index (χ0n) is 14.9. The van der Waals surface area contributed by atoms with Gasteiger partial charge < -0.3 is 25.8 Å². The number of carbonyl (C=O) groups excluding carboxylic acids is 1. The van der Waals surface area contributed by atoms with Crippen LogP contribution in [0.15, 0.2) is 42.5 Å². The Morgan fingerprint density at radius 1 is 1.14 bits per heavy atom. The number of hydrogen-bond acceptors (Lipinski definition) is 7. The number of anilines is 4. The predicted octanol–water partition coefficient (Wildman–Crippen LogP) is 4.24.